The zero-order chi connectivity index (χ0) is 21.4. The van der Waals surface area contributed by atoms with Crippen LogP contribution in [-0.2, 0) is 17.8 Å². The molecule has 3 aromatic rings. The van der Waals surface area contributed by atoms with E-state index in [1.807, 2.05) is 36.1 Å². The van der Waals surface area contributed by atoms with Gasteiger partial charge in [-0.15, -0.1) is 0 Å². The molecule has 0 aliphatic carbocycles. The molecule has 0 radical (unpaired) electrons. The van der Waals surface area contributed by atoms with Crippen molar-refractivity contribution in [1.29, 1.82) is 0 Å². The van der Waals surface area contributed by atoms with Gasteiger partial charge in [0, 0.05) is 24.9 Å². The molecule has 0 spiro atoms. The van der Waals surface area contributed by atoms with Gasteiger partial charge in [-0.05, 0) is 37.8 Å². The van der Waals surface area contributed by atoms with Gasteiger partial charge in [0.25, 0.3) is 5.56 Å². The molecular formula is C22H22ClN5O3. The minimum absolute atomic E-state index is 0.140. The molecule has 31 heavy (non-hydrogen) atoms. The average Bonchev–Trinajstić information content (AvgIpc) is 3.21. The molecule has 2 aliphatic heterocycles. The first-order valence-corrected chi connectivity index (χ1v) is 10.7. The van der Waals surface area contributed by atoms with Gasteiger partial charge in [0.1, 0.15) is 10.8 Å². The van der Waals surface area contributed by atoms with Crippen LogP contribution in [0.25, 0.3) is 0 Å². The molecule has 8 nitrogen and oxygen atoms in total. The van der Waals surface area contributed by atoms with Crippen LogP contribution in [0.2, 0.25) is 5.02 Å². The quantitative estimate of drug-likeness (QED) is 0.607. The molecule has 1 saturated heterocycles. The van der Waals surface area contributed by atoms with Crippen molar-refractivity contribution in [3.05, 3.63) is 68.9 Å². The predicted molar refractivity (Wildman–Crippen MR) is 116 cm³/mol. The van der Waals surface area contributed by atoms with Crippen molar-refractivity contribution in [2.24, 2.45) is 0 Å². The van der Waals surface area contributed by atoms with E-state index in [1.165, 1.54) is 4.68 Å². The van der Waals surface area contributed by atoms with Crippen molar-refractivity contribution in [2.75, 3.05) is 11.5 Å². The van der Waals surface area contributed by atoms with E-state index in [0.717, 1.165) is 41.8 Å². The number of aryl methyl sites for hydroxylation is 1. The van der Waals surface area contributed by atoms with E-state index in [4.69, 9.17) is 21.1 Å². The van der Waals surface area contributed by atoms with Gasteiger partial charge in [-0.1, -0.05) is 29.8 Å². The molecule has 0 saturated carbocycles. The summed E-state index contributed by atoms with van der Waals surface area (Å²) in [6.07, 6.45) is 5.80. The largest absolute Gasteiger partial charge is 0.424 e. The van der Waals surface area contributed by atoms with Gasteiger partial charge in [0.2, 0.25) is 0 Å². The lowest BCUT2D eigenvalue weighted by atomic mass is 10.2. The van der Waals surface area contributed by atoms with E-state index in [1.54, 1.807) is 12.4 Å². The van der Waals surface area contributed by atoms with E-state index in [0.29, 0.717) is 31.4 Å². The Morgan fingerprint density at radius 2 is 2.06 bits per heavy atom. The molecule has 1 fully saturated rings. The number of halogens is 1. The summed E-state index contributed by atoms with van der Waals surface area (Å²) in [6.45, 7) is 3.64. The Labute approximate surface area is 184 Å². The summed E-state index contributed by atoms with van der Waals surface area (Å²) < 4.78 is 12.9. The number of benzene rings is 1. The van der Waals surface area contributed by atoms with Gasteiger partial charge in [-0.2, -0.15) is 14.8 Å². The first-order valence-electron chi connectivity index (χ1n) is 10.3. The highest BCUT2D eigenvalue weighted by molar-refractivity contribution is 6.33. The molecule has 5 rings (SSSR count). The Bertz CT molecular complexity index is 1180. The standard InChI is InChI=1S/C22H22ClN5O3/c1-14-6-2-3-7-18(14)31-22-24-10-15-12-27(13-16(15)26-22)17-11-25-28(21(29)20(17)23)19-8-4-5-9-30-19/h2-3,6-7,10-11,19H,4-5,8-9,12-13H2,1H3. The smallest absolute Gasteiger partial charge is 0.322 e. The van der Waals surface area contributed by atoms with Gasteiger partial charge in [-0.25, -0.2) is 4.98 Å². The lowest BCUT2D eigenvalue weighted by Crippen LogP contribution is -2.32. The second kappa shape index (κ2) is 8.28. The highest BCUT2D eigenvalue weighted by atomic mass is 35.5. The third-order valence-electron chi connectivity index (χ3n) is 5.62. The van der Waals surface area contributed by atoms with Gasteiger partial charge in [0.15, 0.2) is 6.23 Å². The Balaban J connectivity index is 1.36. The summed E-state index contributed by atoms with van der Waals surface area (Å²) in [4.78, 5) is 23.7. The molecule has 2 aromatic heterocycles. The minimum Gasteiger partial charge on any atom is -0.424 e. The van der Waals surface area contributed by atoms with Gasteiger partial charge in [0.05, 0.1) is 24.1 Å². The van der Waals surface area contributed by atoms with Crippen LogP contribution in [0.5, 0.6) is 11.8 Å². The van der Waals surface area contributed by atoms with E-state index >= 15 is 0 Å². The summed E-state index contributed by atoms with van der Waals surface area (Å²) >= 11 is 6.47. The maximum Gasteiger partial charge on any atom is 0.322 e. The molecule has 4 heterocycles. The Morgan fingerprint density at radius 1 is 1.19 bits per heavy atom. The summed E-state index contributed by atoms with van der Waals surface area (Å²) in [6, 6.07) is 8.01. The van der Waals surface area contributed by atoms with Crippen LogP contribution in [0.3, 0.4) is 0 Å². The van der Waals surface area contributed by atoms with Crippen molar-refractivity contribution in [3.8, 4) is 11.8 Å². The molecule has 0 amide bonds. The summed E-state index contributed by atoms with van der Waals surface area (Å²) in [5, 5.41) is 4.49. The normalized spacial score (nSPS) is 18.1. The maximum atomic E-state index is 12.8. The van der Waals surface area contributed by atoms with Crippen LogP contribution in [0.4, 0.5) is 5.69 Å². The molecule has 1 unspecified atom stereocenters. The monoisotopic (exact) mass is 439 g/mol. The Hall–Kier alpha value is -2.97. The number of rotatable bonds is 4. The molecule has 9 heteroatoms. The second-order valence-electron chi connectivity index (χ2n) is 7.76. The van der Waals surface area contributed by atoms with E-state index in [-0.39, 0.29) is 16.8 Å². The summed E-state index contributed by atoms with van der Waals surface area (Å²) in [5.74, 6) is 0.720. The molecule has 0 bridgehead atoms. The third kappa shape index (κ3) is 3.88. The Morgan fingerprint density at radius 3 is 2.87 bits per heavy atom. The fraction of sp³-hybridized carbons (Fsp3) is 0.364. The van der Waals surface area contributed by atoms with Gasteiger partial charge < -0.3 is 14.4 Å². The number of ether oxygens (including phenoxy) is 2. The zero-order valence-corrected chi connectivity index (χ0v) is 17.9. The van der Waals surface area contributed by atoms with Crippen LogP contribution in [0, 0.1) is 6.92 Å². The van der Waals surface area contributed by atoms with Crippen LogP contribution >= 0.6 is 11.6 Å². The molecule has 0 N–H and O–H groups in total. The first kappa shape index (κ1) is 20.0. The minimum atomic E-state index is -0.351. The van der Waals surface area contributed by atoms with Crippen LogP contribution in [0.15, 0.2) is 41.5 Å². The van der Waals surface area contributed by atoms with Gasteiger partial charge in [-0.3, -0.25) is 4.79 Å². The molecule has 1 aromatic carbocycles. The summed E-state index contributed by atoms with van der Waals surface area (Å²) in [7, 11) is 0. The predicted octanol–water partition coefficient (Wildman–Crippen LogP) is 4.01. The zero-order valence-electron chi connectivity index (χ0n) is 17.1. The lowest BCUT2D eigenvalue weighted by Gasteiger charge is -2.25. The highest BCUT2D eigenvalue weighted by Crippen LogP contribution is 2.32. The van der Waals surface area contributed by atoms with Crippen LogP contribution in [0.1, 0.15) is 42.3 Å². The number of fused-ring (bicyclic) bond motifs is 1. The number of anilines is 1. The fourth-order valence-electron chi connectivity index (χ4n) is 3.90. The third-order valence-corrected chi connectivity index (χ3v) is 5.98. The number of hydrogen-bond acceptors (Lipinski definition) is 7. The van der Waals surface area contributed by atoms with Crippen LogP contribution in [-0.4, -0.2) is 26.4 Å². The maximum absolute atomic E-state index is 12.8. The van der Waals surface area contributed by atoms with Crippen LogP contribution < -0.4 is 15.2 Å². The van der Waals surface area contributed by atoms with E-state index < -0.39 is 0 Å². The topological polar surface area (TPSA) is 82.4 Å². The second-order valence-corrected chi connectivity index (χ2v) is 8.14. The van der Waals surface area contributed by atoms with E-state index in [9.17, 15) is 4.79 Å². The first-order chi connectivity index (χ1) is 15.1. The molecule has 160 valence electrons. The average molecular weight is 440 g/mol. The van der Waals surface area contributed by atoms with Crippen molar-refractivity contribution in [3.63, 3.8) is 0 Å². The van der Waals surface area contributed by atoms with E-state index in [2.05, 4.69) is 15.1 Å². The summed E-state index contributed by atoms with van der Waals surface area (Å²) in [5.41, 5.74) is 3.06. The molecule has 1 atom stereocenters. The van der Waals surface area contributed by atoms with Gasteiger partial charge >= 0.3 is 6.01 Å². The number of para-hydroxylation sites is 1. The lowest BCUT2D eigenvalue weighted by molar-refractivity contribution is -0.0424. The number of hydrogen-bond donors (Lipinski definition) is 0. The molecule has 2 aliphatic rings. The van der Waals surface area contributed by atoms with Crippen molar-refractivity contribution < 1.29 is 9.47 Å². The Kier molecular flexibility index (Phi) is 5.33. The highest BCUT2D eigenvalue weighted by Gasteiger charge is 2.27. The number of nitrogens with zero attached hydrogens (tertiary/aromatic N) is 5. The van der Waals surface area contributed by atoms with Crippen molar-refractivity contribution in [1.82, 2.24) is 19.7 Å². The fourth-order valence-corrected chi connectivity index (χ4v) is 4.16. The number of aromatic nitrogens is 4. The SMILES string of the molecule is Cc1ccccc1Oc1ncc2c(n1)CN(c1cnn(C3CCCCO3)c(=O)c1Cl)C2. The molecular weight excluding hydrogens is 418 g/mol. The van der Waals surface area contributed by atoms with Crippen molar-refractivity contribution >= 4 is 17.3 Å². The van der Waals surface area contributed by atoms with Crippen molar-refractivity contribution in [2.45, 2.75) is 45.5 Å².